The average Bonchev–Trinajstić information content (AvgIpc) is 2.28. The van der Waals surface area contributed by atoms with Gasteiger partial charge in [0.15, 0.2) is 0 Å². The van der Waals surface area contributed by atoms with Gasteiger partial charge in [-0.1, -0.05) is 13.3 Å². The van der Waals surface area contributed by atoms with Crippen LogP contribution in [0.2, 0.25) is 0 Å². The first kappa shape index (κ1) is 13.5. The van der Waals surface area contributed by atoms with Gasteiger partial charge in [0.25, 0.3) is 5.91 Å². The summed E-state index contributed by atoms with van der Waals surface area (Å²) in [5, 5.41) is 2.76. The highest BCUT2D eigenvalue weighted by atomic mass is 19.1. The maximum absolute atomic E-state index is 13.6. The minimum absolute atomic E-state index is 0.0498. The Bertz CT molecular complexity index is 393. The lowest BCUT2D eigenvalue weighted by atomic mass is 10.1. The summed E-state index contributed by atoms with van der Waals surface area (Å²) in [6.07, 6.45) is 1.86. The van der Waals surface area contributed by atoms with Crippen LogP contribution in [-0.2, 0) is 0 Å². The molecule has 0 saturated heterocycles. The molecule has 1 amide bonds. The van der Waals surface area contributed by atoms with Crippen LogP contribution < -0.4 is 10.1 Å². The van der Waals surface area contributed by atoms with Crippen molar-refractivity contribution < 1.29 is 13.9 Å². The number of carbonyl (C=O) groups excluding carboxylic acids is 1. The molecule has 0 radical (unpaired) electrons. The zero-order valence-corrected chi connectivity index (χ0v) is 10.4. The van der Waals surface area contributed by atoms with Crippen molar-refractivity contribution in [1.29, 1.82) is 0 Å². The van der Waals surface area contributed by atoms with Crippen molar-refractivity contribution in [3.8, 4) is 5.75 Å². The fraction of sp³-hybridized carbons (Fsp3) is 0.462. The van der Waals surface area contributed by atoms with Crippen LogP contribution in [-0.4, -0.2) is 19.1 Å². The van der Waals surface area contributed by atoms with Crippen molar-refractivity contribution in [2.24, 2.45) is 0 Å². The van der Waals surface area contributed by atoms with Gasteiger partial charge in [-0.25, -0.2) is 4.39 Å². The number of carbonyl (C=O) groups is 1. The Hall–Kier alpha value is -1.58. The molecule has 1 atom stereocenters. The fourth-order valence-corrected chi connectivity index (χ4v) is 1.61. The standard InChI is InChI=1S/C13H18FNO2/c1-4-5-9(2)15-13(16)11-7-6-10(17-3)8-12(11)14/h6-9H,4-5H2,1-3H3,(H,15,16). The topological polar surface area (TPSA) is 38.3 Å². The minimum atomic E-state index is -0.564. The summed E-state index contributed by atoms with van der Waals surface area (Å²) in [7, 11) is 1.46. The minimum Gasteiger partial charge on any atom is -0.497 e. The third kappa shape index (κ3) is 3.73. The Morgan fingerprint density at radius 1 is 1.53 bits per heavy atom. The molecule has 0 aliphatic rings. The van der Waals surface area contributed by atoms with E-state index in [0.29, 0.717) is 5.75 Å². The van der Waals surface area contributed by atoms with Crippen LogP contribution in [0.25, 0.3) is 0 Å². The van der Waals surface area contributed by atoms with E-state index in [9.17, 15) is 9.18 Å². The maximum Gasteiger partial charge on any atom is 0.254 e. The largest absolute Gasteiger partial charge is 0.497 e. The fourth-order valence-electron chi connectivity index (χ4n) is 1.61. The van der Waals surface area contributed by atoms with Crippen LogP contribution in [0, 0.1) is 5.82 Å². The molecule has 0 spiro atoms. The Labute approximate surface area is 101 Å². The van der Waals surface area contributed by atoms with Crippen LogP contribution in [0.3, 0.4) is 0 Å². The summed E-state index contributed by atoms with van der Waals surface area (Å²) in [6.45, 7) is 3.94. The molecule has 0 saturated carbocycles. The van der Waals surface area contributed by atoms with Gasteiger partial charge in [-0.15, -0.1) is 0 Å². The zero-order chi connectivity index (χ0) is 12.8. The number of rotatable bonds is 5. The number of halogens is 1. The highest BCUT2D eigenvalue weighted by molar-refractivity contribution is 5.94. The third-order valence-corrected chi connectivity index (χ3v) is 2.52. The summed E-state index contributed by atoms with van der Waals surface area (Å²) in [5.74, 6) is -0.544. The molecule has 0 fully saturated rings. The first-order valence-electron chi connectivity index (χ1n) is 5.72. The SMILES string of the molecule is CCCC(C)NC(=O)c1ccc(OC)cc1F. The summed E-state index contributed by atoms with van der Waals surface area (Å²) in [6, 6.07) is 4.26. The molecule has 0 heterocycles. The maximum atomic E-state index is 13.6. The molecule has 0 aromatic heterocycles. The second-order valence-corrected chi connectivity index (χ2v) is 4.01. The second kappa shape index (κ2) is 6.23. The quantitative estimate of drug-likeness (QED) is 0.858. The Balaban J connectivity index is 2.75. The summed E-state index contributed by atoms with van der Waals surface area (Å²) in [5.41, 5.74) is 0.0498. The number of nitrogens with one attached hydrogen (secondary N) is 1. The van der Waals surface area contributed by atoms with E-state index in [2.05, 4.69) is 5.32 Å². The second-order valence-electron chi connectivity index (χ2n) is 4.01. The van der Waals surface area contributed by atoms with E-state index < -0.39 is 5.82 Å². The molecular formula is C13H18FNO2. The van der Waals surface area contributed by atoms with Gasteiger partial charge in [0, 0.05) is 12.1 Å². The Morgan fingerprint density at radius 2 is 2.24 bits per heavy atom. The van der Waals surface area contributed by atoms with Gasteiger partial charge in [0.1, 0.15) is 11.6 Å². The normalized spacial score (nSPS) is 12.0. The summed E-state index contributed by atoms with van der Waals surface area (Å²) < 4.78 is 18.5. The number of amides is 1. The van der Waals surface area contributed by atoms with Gasteiger partial charge in [-0.2, -0.15) is 0 Å². The van der Waals surface area contributed by atoms with Crippen LogP contribution in [0.1, 0.15) is 37.0 Å². The van der Waals surface area contributed by atoms with E-state index in [-0.39, 0.29) is 17.5 Å². The molecule has 94 valence electrons. The predicted octanol–water partition coefficient (Wildman–Crippen LogP) is 2.75. The van der Waals surface area contributed by atoms with Crippen molar-refractivity contribution in [2.75, 3.05) is 7.11 Å². The van der Waals surface area contributed by atoms with E-state index >= 15 is 0 Å². The van der Waals surface area contributed by atoms with Crippen molar-refractivity contribution >= 4 is 5.91 Å². The van der Waals surface area contributed by atoms with Crippen LogP contribution in [0.15, 0.2) is 18.2 Å². The van der Waals surface area contributed by atoms with Gasteiger partial charge < -0.3 is 10.1 Å². The van der Waals surface area contributed by atoms with E-state index in [1.54, 1.807) is 6.07 Å². The van der Waals surface area contributed by atoms with E-state index in [4.69, 9.17) is 4.74 Å². The number of hydrogen-bond donors (Lipinski definition) is 1. The lowest BCUT2D eigenvalue weighted by molar-refractivity contribution is 0.0934. The van der Waals surface area contributed by atoms with Crippen molar-refractivity contribution in [1.82, 2.24) is 5.32 Å². The molecule has 1 aromatic carbocycles. The Morgan fingerprint density at radius 3 is 2.76 bits per heavy atom. The number of ether oxygens (including phenoxy) is 1. The molecule has 1 rings (SSSR count). The van der Waals surface area contributed by atoms with E-state index in [1.165, 1.54) is 19.2 Å². The molecule has 1 N–H and O–H groups in total. The highest BCUT2D eigenvalue weighted by Crippen LogP contribution is 2.16. The molecule has 0 bridgehead atoms. The molecule has 0 aliphatic carbocycles. The van der Waals surface area contributed by atoms with Gasteiger partial charge in [0.2, 0.25) is 0 Å². The lowest BCUT2D eigenvalue weighted by Crippen LogP contribution is -2.32. The molecule has 1 unspecified atom stereocenters. The van der Waals surface area contributed by atoms with E-state index in [1.807, 2.05) is 13.8 Å². The average molecular weight is 239 g/mol. The van der Waals surface area contributed by atoms with Crippen molar-refractivity contribution in [3.05, 3.63) is 29.6 Å². The first-order valence-corrected chi connectivity index (χ1v) is 5.72. The van der Waals surface area contributed by atoms with Crippen molar-refractivity contribution in [2.45, 2.75) is 32.7 Å². The molecule has 3 nitrogen and oxygen atoms in total. The molecule has 4 heteroatoms. The van der Waals surface area contributed by atoms with Gasteiger partial charge in [0.05, 0.1) is 12.7 Å². The number of methoxy groups -OCH3 is 1. The lowest BCUT2D eigenvalue weighted by Gasteiger charge is -2.13. The predicted molar refractivity (Wildman–Crippen MR) is 64.8 cm³/mol. The molecular weight excluding hydrogens is 221 g/mol. The smallest absolute Gasteiger partial charge is 0.254 e. The first-order chi connectivity index (χ1) is 8.08. The van der Waals surface area contributed by atoms with Crippen LogP contribution in [0.5, 0.6) is 5.75 Å². The summed E-state index contributed by atoms with van der Waals surface area (Å²) >= 11 is 0. The highest BCUT2D eigenvalue weighted by Gasteiger charge is 2.14. The van der Waals surface area contributed by atoms with Crippen LogP contribution >= 0.6 is 0 Å². The van der Waals surface area contributed by atoms with Crippen LogP contribution in [0.4, 0.5) is 4.39 Å². The molecule has 1 aromatic rings. The summed E-state index contributed by atoms with van der Waals surface area (Å²) in [4.78, 5) is 11.8. The van der Waals surface area contributed by atoms with Gasteiger partial charge in [-0.3, -0.25) is 4.79 Å². The van der Waals surface area contributed by atoms with Crippen molar-refractivity contribution in [3.63, 3.8) is 0 Å². The molecule has 17 heavy (non-hydrogen) atoms. The van der Waals surface area contributed by atoms with E-state index in [0.717, 1.165) is 12.8 Å². The zero-order valence-electron chi connectivity index (χ0n) is 10.4. The monoisotopic (exact) mass is 239 g/mol. The number of benzene rings is 1. The Kier molecular flexibility index (Phi) is 4.94. The van der Waals surface area contributed by atoms with Gasteiger partial charge in [-0.05, 0) is 25.5 Å². The third-order valence-electron chi connectivity index (χ3n) is 2.52. The number of hydrogen-bond acceptors (Lipinski definition) is 2. The van der Waals surface area contributed by atoms with Gasteiger partial charge >= 0.3 is 0 Å². The molecule has 0 aliphatic heterocycles.